The van der Waals surface area contributed by atoms with E-state index >= 15 is 0 Å². The third-order valence-electron chi connectivity index (χ3n) is 2.35. The Balaban J connectivity index is 0.000000980. The minimum Gasteiger partial charge on any atom is -0.307 e. The third-order valence-corrected chi connectivity index (χ3v) is 2.60. The van der Waals surface area contributed by atoms with Gasteiger partial charge >= 0.3 is 0 Å². The van der Waals surface area contributed by atoms with E-state index in [2.05, 4.69) is 5.32 Å². The quantitative estimate of drug-likeness (QED) is 0.789. The summed E-state index contributed by atoms with van der Waals surface area (Å²) in [5.74, 6) is 0. The van der Waals surface area contributed by atoms with Crippen molar-refractivity contribution in [3.63, 3.8) is 0 Å². The lowest BCUT2D eigenvalue weighted by Crippen LogP contribution is -2.13. The van der Waals surface area contributed by atoms with Crippen molar-refractivity contribution in [3.05, 3.63) is 34.9 Å². The zero-order valence-electron chi connectivity index (χ0n) is 7.54. The Morgan fingerprint density at radius 2 is 1.93 bits per heavy atom. The maximum atomic E-state index is 12.9. The Morgan fingerprint density at radius 1 is 1.29 bits per heavy atom. The van der Waals surface area contributed by atoms with E-state index in [0.717, 1.165) is 10.6 Å². The Bertz CT molecular complexity index is 289. The highest BCUT2D eigenvalue weighted by molar-refractivity contribution is 6.30. The number of hydrogen-bond donors (Lipinski definition) is 1. The third kappa shape index (κ3) is 2.59. The SMILES string of the molecule is Cl.FC1CNC(c2ccc(Cl)cc2)C1. The van der Waals surface area contributed by atoms with Gasteiger partial charge in [0.1, 0.15) is 6.17 Å². The molecule has 78 valence electrons. The minimum absolute atomic E-state index is 0. The number of halogens is 3. The summed E-state index contributed by atoms with van der Waals surface area (Å²) in [6, 6.07) is 7.72. The molecule has 1 N–H and O–H groups in total. The highest BCUT2D eigenvalue weighted by Gasteiger charge is 2.24. The first kappa shape index (κ1) is 11.8. The molecule has 1 saturated heterocycles. The van der Waals surface area contributed by atoms with Gasteiger partial charge in [0, 0.05) is 17.6 Å². The molecule has 0 radical (unpaired) electrons. The Hall–Kier alpha value is -0.310. The fraction of sp³-hybridized carbons (Fsp3) is 0.400. The van der Waals surface area contributed by atoms with E-state index in [-0.39, 0.29) is 18.4 Å². The second-order valence-corrected chi connectivity index (χ2v) is 3.78. The Morgan fingerprint density at radius 3 is 2.43 bits per heavy atom. The van der Waals surface area contributed by atoms with Gasteiger partial charge in [0.05, 0.1) is 0 Å². The lowest BCUT2D eigenvalue weighted by atomic mass is 10.1. The molecule has 0 aliphatic carbocycles. The Kier molecular flexibility index (Phi) is 4.17. The summed E-state index contributed by atoms with van der Waals surface area (Å²) in [4.78, 5) is 0. The van der Waals surface area contributed by atoms with Crippen LogP contribution in [0.5, 0.6) is 0 Å². The molecule has 1 aliphatic heterocycles. The maximum absolute atomic E-state index is 12.9. The molecule has 0 spiro atoms. The molecule has 0 aromatic heterocycles. The average molecular weight is 236 g/mol. The van der Waals surface area contributed by atoms with Crippen LogP contribution in [0.3, 0.4) is 0 Å². The molecule has 14 heavy (non-hydrogen) atoms. The molecule has 1 nitrogen and oxygen atoms in total. The maximum Gasteiger partial charge on any atom is 0.114 e. The van der Waals surface area contributed by atoms with Crippen LogP contribution in [0.25, 0.3) is 0 Å². The Labute approximate surface area is 94.1 Å². The van der Waals surface area contributed by atoms with Crippen LogP contribution in [0.4, 0.5) is 4.39 Å². The van der Waals surface area contributed by atoms with Crippen LogP contribution in [0.1, 0.15) is 18.0 Å². The summed E-state index contributed by atoms with van der Waals surface area (Å²) >= 11 is 5.75. The molecule has 0 saturated carbocycles. The molecule has 1 aliphatic rings. The molecular formula is C10H12Cl2FN. The minimum atomic E-state index is -0.708. The summed E-state index contributed by atoms with van der Waals surface area (Å²) in [6.45, 7) is 0.466. The summed E-state index contributed by atoms with van der Waals surface area (Å²) in [6.07, 6.45) is -0.137. The van der Waals surface area contributed by atoms with Crippen molar-refractivity contribution in [1.82, 2.24) is 5.32 Å². The van der Waals surface area contributed by atoms with Gasteiger partial charge in [-0.1, -0.05) is 23.7 Å². The number of benzene rings is 1. The van der Waals surface area contributed by atoms with Crippen molar-refractivity contribution in [2.75, 3.05) is 6.54 Å². The smallest absolute Gasteiger partial charge is 0.114 e. The van der Waals surface area contributed by atoms with Gasteiger partial charge in [0.25, 0.3) is 0 Å². The number of hydrogen-bond acceptors (Lipinski definition) is 1. The standard InChI is InChI=1S/C10H11ClFN.ClH/c11-8-3-1-7(2-4-8)10-5-9(12)6-13-10;/h1-4,9-10,13H,5-6H2;1H. The second kappa shape index (κ2) is 4.96. The van der Waals surface area contributed by atoms with Crippen LogP contribution in [-0.4, -0.2) is 12.7 Å². The summed E-state index contributed by atoms with van der Waals surface area (Å²) in [7, 11) is 0. The van der Waals surface area contributed by atoms with Gasteiger partial charge in [0.15, 0.2) is 0 Å². The van der Waals surface area contributed by atoms with Crippen LogP contribution in [0.2, 0.25) is 5.02 Å². The van der Waals surface area contributed by atoms with E-state index in [0.29, 0.717) is 13.0 Å². The molecule has 0 amide bonds. The highest BCUT2D eigenvalue weighted by atomic mass is 35.5. The first-order valence-corrected chi connectivity index (χ1v) is 4.76. The largest absolute Gasteiger partial charge is 0.307 e. The van der Waals surface area contributed by atoms with Gasteiger partial charge in [-0.2, -0.15) is 0 Å². The number of rotatable bonds is 1. The first-order valence-electron chi connectivity index (χ1n) is 4.38. The number of nitrogens with one attached hydrogen (secondary N) is 1. The zero-order chi connectivity index (χ0) is 9.26. The van der Waals surface area contributed by atoms with Gasteiger partial charge in [-0.25, -0.2) is 4.39 Å². The summed E-state index contributed by atoms with van der Waals surface area (Å²) in [5, 5.41) is 3.84. The predicted molar refractivity (Wildman–Crippen MR) is 59.0 cm³/mol. The van der Waals surface area contributed by atoms with Crippen molar-refractivity contribution in [2.45, 2.75) is 18.6 Å². The van der Waals surface area contributed by atoms with E-state index < -0.39 is 6.17 Å². The first-order chi connectivity index (χ1) is 6.25. The monoisotopic (exact) mass is 235 g/mol. The highest BCUT2D eigenvalue weighted by Crippen LogP contribution is 2.25. The summed E-state index contributed by atoms with van der Waals surface area (Å²) in [5.41, 5.74) is 1.12. The molecule has 1 heterocycles. The molecule has 1 aromatic rings. The average Bonchev–Trinajstić information content (AvgIpc) is 2.53. The zero-order valence-corrected chi connectivity index (χ0v) is 9.11. The molecule has 2 atom stereocenters. The molecule has 2 rings (SSSR count). The van der Waals surface area contributed by atoms with E-state index in [1.54, 1.807) is 0 Å². The van der Waals surface area contributed by atoms with Gasteiger partial charge in [0.2, 0.25) is 0 Å². The topological polar surface area (TPSA) is 12.0 Å². The predicted octanol–water partition coefficient (Wildman–Crippen LogP) is 3.13. The van der Waals surface area contributed by atoms with Gasteiger partial charge in [-0.05, 0) is 24.1 Å². The fourth-order valence-electron chi connectivity index (χ4n) is 1.64. The van der Waals surface area contributed by atoms with Crippen LogP contribution in [-0.2, 0) is 0 Å². The lowest BCUT2D eigenvalue weighted by Gasteiger charge is -2.09. The van der Waals surface area contributed by atoms with Crippen molar-refractivity contribution in [2.24, 2.45) is 0 Å². The molecule has 1 aromatic carbocycles. The van der Waals surface area contributed by atoms with Crippen LogP contribution in [0, 0.1) is 0 Å². The van der Waals surface area contributed by atoms with E-state index in [4.69, 9.17) is 11.6 Å². The van der Waals surface area contributed by atoms with E-state index in [1.807, 2.05) is 24.3 Å². The van der Waals surface area contributed by atoms with E-state index in [1.165, 1.54) is 0 Å². The van der Waals surface area contributed by atoms with Crippen LogP contribution >= 0.6 is 24.0 Å². The molecule has 1 fully saturated rings. The van der Waals surface area contributed by atoms with Crippen LogP contribution < -0.4 is 5.32 Å². The van der Waals surface area contributed by atoms with Crippen LogP contribution in [0.15, 0.2) is 24.3 Å². The van der Waals surface area contributed by atoms with Crippen molar-refractivity contribution in [1.29, 1.82) is 0 Å². The molecule has 4 heteroatoms. The van der Waals surface area contributed by atoms with Crippen molar-refractivity contribution >= 4 is 24.0 Å². The molecular weight excluding hydrogens is 224 g/mol. The van der Waals surface area contributed by atoms with E-state index in [9.17, 15) is 4.39 Å². The summed E-state index contributed by atoms with van der Waals surface area (Å²) < 4.78 is 12.9. The van der Waals surface area contributed by atoms with Gasteiger partial charge in [-0.3, -0.25) is 0 Å². The molecule has 2 unspecified atom stereocenters. The van der Waals surface area contributed by atoms with Crippen molar-refractivity contribution < 1.29 is 4.39 Å². The molecule has 0 bridgehead atoms. The van der Waals surface area contributed by atoms with Gasteiger partial charge in [-0.15, -0.1) is 12.4 Å². The van der Waals surface area contributed by atoms with Crippen molar-refractivity contribution in [3.8, 4) is 0 Å². The second-order valence-electron chi connectivity index (χ2n) is 3.35. The van der Waals surface area contributed by atoms with Gasteiger partial charge < -0.3 is 5.32 Å². The number of alkyl halides is 1. The lowest BCUT2D eigenvalue weighted by molar-refractivity contribution is 0.356. The normalized spacial score (nSPS) is 25.9. The fourth-order valence-corrected chi connectivity index (χ4v) is 1.77.